The van der Waals surface area contributed by atoms with E-state index >= 15 is 0 Å². The van der Waals surface area contributed by atoms with E-state index < -0.39 is 22.5 Å². The average molecular weight is 313 g/mol. The van der Waals surface area contributed by atoms with Crippen LogP contribution >= 0.6 is 11.8 Å². The van der Waals surface area contributed by atoms with Crippen LogP contribution in [0.2, 0.25) is 0 Å². The van der Waals surface area contributed by atoms with E-state index in [0.29, 0.717) is 5.75 Å². The topological polar surface area (TPSA) is 74.7 Å². The minimum Gasteiger partial charge on any atom is -0.480 e. The zero-order valence-corrected chi connectivity index (χ0v) is 12.8. The van der Waals surface area contributed by atoms with Crippen LogP contribution in [0.5, 0.6) is 0 Å². The Bertz CT molecular complexity index is 627. The standard InChI is InChI=1S/C13H15NO4S2/c1-3-4-9-19-11-5-7-12(8-6-11)20(17,18)14(2)10-13(15)16/h5-8H,9-10H2,1-2H3,(H,15,16). The summed E-state index contributed by atoms with van der Waals surface area (Å²) in [4.78, 5) is 11.6. The predicted molar refractivity (Wildman–Crippen MR) is 78.1 cm³/mol. The van der Waals surface area contributed by atoms with Crippen LogP contribution in [-0.2, 0) is 14.8 Å². The third-order valence-electron chi connectivity index (χ3n) is 2.38. The highest BCUT2D eigenvalue weighted by molar-refractivity contribution is 7.99. The molecule has 0 aliphatic carbocycles. The van der Waals surface area contributed by atoms with E-state index in [0.717, 1.165) is 9.20 Å². The van der Waals surface area contributed by atoms with Gasteiger partial charge in [0.05, 0.1) is 10.6 Å². The highest BCUT2D eigenvalue weighted by Crippen LogP contribution is 2.21. The molecule has 1 aromatic carbocycles. The van der Waals surface area contributed by atoms with Crippen molar-refractivity contribution in [3.05, 3.63) is 24.3 Å². The number of aliphatic carboxylic acids is 1. The summed E-state index contributed by atoms with van der Waals surface area (Å²) in [6, 6.07) is 6.30. The Labute approximate surface area is 123 Å². The number of rotatable bonds is 6. The van der Waals surface area contributed by atoms with Gasteiger partial charge in [0.1, 0.15) is 6.54 Å². The molecule has 0 radical (unpaired) electrons. The van der Waals surface area contributed by atoms with E-state index in [-0.39, 0.29) is 4.90 Å². The number of hydrogen-bond donors (Lipinski definition) is 1. The monoisotopic (exact) mass is 313 g/mol. The lowest BCUT2D eigenvalue weighted by Gasteiger charge is -2.14. The van der Waals surface area contributed by atoms with Gasteiger partial charge >= 0.3 is 5.97 Å². The normalized spacial score (nSPS) is 10.9. The average Bonchev–Trinajstić information content (AvgIpc) is 2.39. The fourth-order valence-electron chi connectivity index (χ4n) is 1.35. The van der Waals surface area contributed by atoms with Crippen LogP contribution in [0.4, 0.5) is 0 Å². The van der Waals surface area contributed by atoms with Crippen LogP contribution in [0.1, 0.15) is 6.92 Å². The minimum atomic E-state index is -3.76. The lowest BCUT2D eigenvalue weighted by Crippen LogP contribution is -2.31. The summed E-state index contributed by atoms with van der Waals surface area (Å²) in [6.45, 7) is 1.19. The Kier molecular flexibility index (Phi) is 6.07. The zero-order chi connectivity index (χ0) is 15.2. The molecular weight excluding hydrogens is 298 g/mol. The molecule has 0 bridgehead atoms. The Morgan fingerprint density at radius 2 is 1.95 bits per heavy atom. The predicted octanol–water partition coefficient (Wildman–Crippen LogP) is 1.51. The van der Waals surface area contributed by atoms with Gasteiger partial charge in [0.2, 0.25) is 10.0 Å². The van der Waals surface area contributed by atoms with Crippen molar-refractivity contribution in [2.75, 3.05) is 19.3 Å². The Hall–Kier alpha value is -1.49. The first kappa shape index (κ1) is 16.6. The van der Waals surface area contributed by atoms with Crippen molar-refractivity contribution >= 4 is 27.8 Å². The molecule has 1 rings (SSSR count). The number of sulfonamides is 1. The summed E-state index contributed by atoms with van der Waals surface area (Å²) >= 11 is 1.51. The molecule has 0 atom stereocenters. The van der Waals surface area contributed by atoms with Gasteiger partial charge in [-0.3, -0.25) is 4.79 Å². The summed E-state index contributed by atoms with van der Waals surface area (Å²) in [6.07, 6.45) is 0. The molecular formula is C13H15NO4S2. The van der Waals surface area contributed by atoms with Crippen molar-refractivity contribution in [3.8, 4) is 11.8 Å². The molecule has 0 saturated heterocycles. The summed E-state index contributed by atoms with van der Waals surface area (Å²) < 4.78 is 25.0. The van der Waals surface area contributed by atoms with E-state index in [4.69, 9.17) is 5.11 Å². The molecule has 0 unspecified atom stereocenters. The first-order valence-electron chi connectivity index (χ1n) is 5.68. The molecule has 0 heterocycles. The van der Waals surface area contributed by atoms with Crippen LogP contribution in [0.15, 0.2) is 34.1 Å². The molecule has 20 heavy (non-hydrogen) atoms. The van der Waals surface area contributed by atoms with E-state index in [1.165, 1.54) is 30.9 Å². The maximum atomic E-state index is 12.1. The summed E-state index contributed by atoms with van der Waals surface area (Å²) in [5.41, 5.74) is 0. The molecule has 0 spiro atoms. The molecule has 1 N–H and O–H groups in total. The molecule has 0 amide bonds. The van der Waals surface area contributed by atoms with Crippen LogP contribution < -0.4 is 0 Å². The van der Waals surface area contributed by atoms with Gasteiger partial charge in [-0.05, 0) is 31.2 Å². The number of thioether (sulfide) groups is 1. The van der Waals surface area contributed by atoms with Gasteiger partial charge in [-0.1, -0.05) is 5.92 Å². The Morgan fingerprint density at radius 1 is 1.35 bits per heavy atom. The lowest BCUT2D eigenvalue weighted by atomic mass is 10.4. The van der Waals surface area contributed by atoms with Gasteiger partial charge in [0.25, 0.3) is 0 Å². The van der Waals surface area contributed by atoms with Gasteiger partial charge in [-0.25, -0.2) is 8.42 Å². The number of carbonyl (C=O) groups is 1. The van der Waals surface area contributed by atoms with Gasteiger partial charge < -0.3 is 5.11 Å². The Balaban J connectivity index is 2.85. The number of carboxylic acids is 1. The van der Waals surface area contributed by atoms with Crippen LogP contribution in [0, 0.1) is 11.8 Å². The van der Waals surface area contributed by atoms with Crippen molar-refractivity contribution in [2.24, 2.45) is 0 Å². The molecule has 0 aromatic heterocycles. The van der Waals surface area contributed by atoms with E-state index in [1.807, 2.05) is 0 Å². The molecule has 5 nitrogen and oxygen atoms in total. The van der Waals surface area contributed by atoms with Crippen molar-refractivity contribution in [1.82, 2.24) is 4.31 Å². The number of carboxylic acid groups (broad SMARTS) is 1. The zero-order valence-electron chi connectivity index (χ0n) is 11.2. The number of benzene rings is 1. The summed E-state index contributed by atoms with van der Waals surface area (Å²) in [7, 11) is -2.52. The molecule has 0 aliphatic rings. The third-order valence-corrected chi connectivity index (χ3v) is 5.09. The SMILES string of the molecule is CC#CCSc1ccc(S(=O)(=O)N(C)CC(=O)O)cc1. The second kappa shape index (κ2) is 7.33. The van der Waals surface area contributed by atoms with Crippen LogP contribution in [0.3, 0.4) is 0 Å². The van der Waals surface area contributed by atoms with Gasteiger partial charge in [0, 0.05) is 11.9 Å². The minimum absolute atomic E-state index is 0.0761. The smallest absolute Gasteiger partial charge is 0.318 e. The summed E-state index contributed by atoms with van der Waals surface area (Å²) in [5.74, 6) is 5.13. The second-order valence-electron chi connectivity index (χ2n) is 3.84. The Morgan fingerprint density at radius 3 is 2.45 bits per heavy atom. The fraction of sp³-hybridized carbons (Fsp3) is 0.308. The fourth-order valence-corrected chi connectivity index (χ4v) is 3.19. The molecule has 7 heteroatoms. The summed E-state index contributed by atoms with van der Waals surface area (Å²) in [5, 5.41) is 8.64. The first-order valence-corrected chi connectivity index (χ1v) is 8.11. The highest BCUT2D eigenvalue weighted by Gasteiger charge is 2.22. The van der Waals surface area contributed by atoms with Crippen LogP contribution in [0.25, 0.3) is 0 Å². The number of hydrogen-bond acceptors (Lipinski definition) is 4. The van der Waals surface area contributed by atoms with Gasteiger partial charge in [-0.15, -0.1) is 17.7 Å². The van der Waals surface area contributed by atoms with E-state index in [2.05, 4.69) is 11.8 Å². The molecule has 0 saturated carbocycles. The van der Waals surface area contributed by atoms with Crippen LogP contribution in [-0.4, -0.2) is 43.1 Å². The van der Waals surface area contributed by atoms with Gasteiger partial charge in [0.15, 0.2) is 0 Å². The third kappa shape index (κ3) is 4.56. The number of nitrogens with zero attached hydrogens (tertiary/aromatic N) is 1. The molecule has 0 aliphatic heterocycles. The molecule has 108 valence electrons. The maximum Gasteiger partial charge on any atom is 0.318 e. The van der Waals surface area contributed by atoms with Gasteiger partial charge in [-0.2, -0.15) is 4.31 Å². The van der Waals surface area contributed by atoms with Crippen molar-refractivity contribution in [1.29, 1.82) is 0 Å². The maximum absolute atomic E-state index is 12.1. The second-order valence-corrected chi connectivity index (χ2v) is 6.94. The first-order chi connectivity index (χ1) is 9.37. The lowest BCUT2D eigenvalue weighted by molar-refractivity contribution is -0.137. The molecule has 0 fully saturated rings. The van der Waals surface area contributed by atoms with E-state index in [1.54, 1.807) is 19.1 Å². The molecule has 1 aromatic rings. The van der Waals surface area contributed by atoms with Crippen molar-refractivity contribution in [3.63, 3.8) is 0 Å². The van der Waals surface area contributed by atoms with Crippen molar-refractivity contribution < 1.29 is 18.3 Å². The van der Waals surface area contributed by atoms with Crippen molar-refractivity contribution in [2.45, 2.75) is 16.7 Å². The quantitative estimate of drug-likeness (QED) is 0.636. The highest BCUT2D eigenvalue weighted by atomic mass is 32.2. The van der Waals surface area contributed by atoms with E-state index in [9.17, 15) is 13.2 Å². The number of likely N-dealkylation sites (N-methyl/N-ethyl adjacent to an activating group) is 1. The largest absolute Gasteiger partial charge is 0.480 e.